The van der Waals surface area contributed by atoms with Gasteiger partial charge in [0.1, 0.15) is 0 Å². The van der Waals surface area contributed by atoms with Crippen LogP contribution < -0.4 is 4.72 Å². The second kappa shape index (κ2) is 6.35. The zero-order valence-electron chi connectivity index (χ0n) is 15.4. The Balaban J connectivity index is 1.88. The molecule has 136 valence electrons. The Kier molecular flexibility index (Phi) is 4.12. The summed E-state index contributed by atoms with van der Waals surface area (Å²) in [4.78, 5) is 4.92. The highest BCUT2D eigenvalue weighted by Gasteiger charge is 2.17. The number of benzene rings is 3. The topological polar surface area (TPSA) is 59.1 Å². The molecule has 0 fully saturated rings. The van der Waals surface area contributed by atoms with Crippen LogP contribution in [0.1, 0.15) is 16.8 Å². The van der Waals surface area contributed by atoms with Gasteiger partial charge in [0.25, 0.3) is 10.0 Å². The molecule has 0 atom stereocenters. The van der Waals surface area contributed by atoms with E-state index in [4.69, 9.17) is 0 Å². The fourth-order valence-electron chi connectivity index (χ4n) is 3.26. The van der Waals surface area contributed by atoms with Crippen LogP contribution >= 0.6 is 0 Å². The summed E-state index contributed by atoms with van der Waals surface area (Å²) in [5.74, 6) is 0. The maximum atomic E-state index is 13.0. The van der Waals surface area contributed by atoms with E-state index in [1.165, 1.54) is 0 Å². The van der Waals surface area contributed by atoms with Crippen molar-refractivity contribution in [2.24, 2.45) is 0 Å². The maximum Gasteiger partial charge on any atom is 0.261 e. The molecule has 0 unspecified atom stereocenters. The Labute approximate surface area is 158 Å². The highest BCUT2D eigenvalue weighted by Crippen LogP contribution is 2.31. The third-order valence-corrected chi connectivity index (χ3v) is 6.23. The molecule has 0 radical (unpaired) electrons. The molecule has 27 heavy (non-hydrogen) atoms. The lowest BCUT2D eigenvalue weighted by molar-refractivity contribution is 0.601. The Morgan fingerprint density at radius 2 is 1.59 bits per heavy atom. The van der Waals surface area contributed by atoms with E-state index in [0.717, 1.165) is 38.5 Å². The van der Waals surface area contributed by atoms with Gasteiger partial charge < -0.3 is 0 Å². The molecule has 0 aliphatic carbocycles. The minimum Gasteiger partial charge on any atom is -0.279 e. The summed E-state index contributed by atoms with van der Waals surface area (Å²) in [6.45, 7) is 5.74. The van der Waals surface area contributed by atoms with Gasteiger partial charge in [-0.2, -0.15) is 0 Å². The van der Waals surface area contributed by atoms with Crippen LogP contribution in [-0.4, -0.2) is 13.4 Å². The van der Waals surface area contributed by atoms with Gasteiger partial charge in [-0.15, -0.1) is 0 Å². The molecule has 5 heteroatoms. The van der Waals surface area contributed by atoms with Gasteiger partial charge in [-0.25, -0.2) is 8.42 Å². The number of hydrogen-bond donors (Lipinski definition) is 1. The summed E-state index contributed by atoms with van der Waals surface area (Å²) in [7, 11) is -3.69. The van der Waals surface area contributed by atoms with Crippen LogP contribution in [0.3, 0.4) is 0 Å². The van der Waals surface area contributed by atoms with Crippen molar-refractivity contribution < 1.29 is 8.42 Å². The summed E-state index contributed by atoms with van der Waals surface area (Å²) >= 11 is 0. The summed E-state index contributed by atoms with van der Waals surface area (Å²) in [5, 5.41) is 2.86. The van der Waals surface area contributed by atoms with Crippen LogP contribution in [0.4, 0.5) is 5.69 Å². The Bertz CT molecular complexity index is 1290. The van der Waals surface area contributed by atoms with Crippen molar-refractivity contribution in [3.05, 3.63) is 77.5 Å². The first-order chi connectivity index (χ1) is 12.8. The van der Waals surface area contributed by atoms with Crippen molar-refractivity contribution in [3.63, 3.8) is 0 Å². The number of sulfonamides is 1. The fraction of sp³-hybridized carbons (Fsp3) is 0.136. The van der Waals surface area contributed by atoms with Crippen molar-refractivity contribution >= 4 is 37.4 Å². The number of fused-ring (bicyclic) bond motifs is 3. The number of aromatic nitrogens is 1. The molecule has 1 heterocycles. The van der Waals surface area contributed by atoms with Crippen molar-refractivity contribution in [3.8, 4) is 0 Å². The van der Waals surface area contributed by atoms with E-state index < -0.39 is 10.0 Å². The molecule has 0 spiro atoms. The fourth-order valence-corrected chi connectivity index (χ4v) is 4.41. The molecule has 0 aliphatic rings. The van der Waals surface area contributed by atoms with Crippen LogP contribution in [-0.2, 0) is 10.0 Å². The van der Waals surface area contributed by atoms with Gasteiger partial charge in [-0.1, -0.05) is 42.5 Å². The molecule has 0 aliphatic heterocycles. The first-order valence-corrected chi connectivity index (χ1v) is 10.2. The van der Waals surface area contributed by atoms with Crippen molar-refractivity contribution in [1.29, 1.82) is 0 Å². The van der Waals surface area contributed by atoms with Gasteiger partial charge in [0.05, 0.1) is 16.1 Å². The van der Waals surface area contributed by atoms with Crippen molar-refractivity contribution in [2.45, 2.75) is 25.7 Å². The van der Waals surface area contributed by atoms with E-state index >= 15 is 0 Å². The second-order valence-corrected chi connectivity index (χ2v) is 8.53. The minimum absolute atomic E-state index is 0.258. The Morgan fingerprint density at radius 3 is 2.37 bits per heavy atom. The molecule has 3 aromatic carbocycles. The number of pyridine rings is 1. The molecular formula is C22H20N2O2S. The second-order valence-electron chi connectivity index (χ2n) is 6.85. The van der Waals surface area contributed by atoms with Crippen LogP contribution in [0.25, 0.3) is 21.7 Å². The summed E-state index contributed by atoms with van der Waals surface area (Å²) in [5.41, 5.74) is 4.11. The predicted octanol–water partition coefficient (Wildman–Crippen LogP) is 5.11. The smallest absolute Gasteiger partial charge is 0.261 e. The maximum absolute atomic E-state index is 13.0. The van der Waals surface area contributed by atoms with Crippen LogP contribution in [0.15, 0.2) is 65.6 Å². The Morgan fingerprint density at radius 1 is 0.815 bits per heavy atom. The van der Waals surface area contributed by atoms with E-state index in [1.54, 1.807) is 18.2 Å². The summed E-state index contributed by atoms with van der Waals surface area (Å²) in [6, 6.07) is 18.8. The van der Waals surface area contributed by atoms with E-state index in [2.05, 4.69) is 9.71 Å². The molecule has 0 amide bonds. The third kappa shape index (κ3) is 3.15. The molecule has 0 saturated carbocycles. The lowest BCUT2D eigenvalue weighted by atomic mass is 10.0. The van der Waals surface area contributed by atoms with Crippen LogP contribution in [0.2, 0.25) is 0 Å². The monoisotopic (exact) mass is 376 g/mol. The summed E-state index contributed by atoms with van der Waals surface area (Å²) in [6.07, 6.45) is 0. The van der Waals surface area contributed by atoms with E-state index in [0.29, 0.717) is 5.69 Å². The first-order valence-electron chi connectivity index (χ1n) is 8.74. The first kappa shape index (κ1) is 17.5. The van der Waals surface area contributed by atoms with Gasteiger partial charge in [0, 0.05) is 16.5 Å². The van der Waals surface area contributed by atoms with Crippen LogP contribution in [0, 0.1) is 20.8 Å². The molecule has 0 bridgehead atoms. The van der Waals surface area contributed by atoms with Gasteiger partial charge >= 0.3 is 0 Å². The molecule has 0 saturated heterocycles. The molecule has 4 rings (SSSR count). The van der Waals surface area contributed by atoms with E-state index in [9.17, 15) is 8.42 Å². The van der Waals surface area contributed by atoms with Crippen molar-refractivity contribution in [2.75, 3.05) is 4.72 Å². The SMILES string of the molecule is Cc1cc(NS(=O)(=O)c2ccc(C)c(C)c2)c2ccc3ccccc3c2n1. The van der Waals surface area contributed by atoms with Gasteiger partial charge in [-0.3, -0.25) is 9.71 Å². The Hall–Kier alpha value is -2.92. The third-order valence-electron chi connectivity index (χ3n) is 4.87. The highest BCUT2D eigenvalue weighted by atomic mass is 32.2. The minimum atomic E-state index is -3.69. The zero-order chi connectivity index (χ0) is 19.2. The average Bonchev–Trinajstić information content (AvgIpc) is 2.63. The quantitative estimate of drug-likeness (QED) is 0.505. The molecule has 4 aromatic rings. The predicted molar refractivity (Wildman–Crippen MR) is 111 cm³/mol. The van der Waals surface area contributed by atoms with Crippen LogP contribution in [0.5, 0.6) is 0 Å². The highest BCUT2D eigenvalue weighted by molar-refractivity contribution is 7.92. The van der Waals surface area contributed by atoms with Gasteiger partial charge in [-0.05, 0) is 55.5 Å². The normalized spacial score (nSPS) is 11.8. The number of anilines is 1. The molecule has 1 aromatic heterocycles. The number of nitrogens with zero attached hydrogens (tertiary/aromatic N) is 1. The molecule has 1 N–H and O–H groups in total. The standard InChI is InChI=1S/C22H20N2O2S/c1-14-8-10-18(12-15(14)2)27(25,26)24-21-13-16(3)23-22-19-7-5-4-6-17(19)9-11-20(21)22/h4-13H,1-3H3,(H,23,24). The molecular weight excluding hydrogens is 356 g/mol. The van der Waals surface area contributed by atoms with E-state index in [1.807, 2.05) is 63.2 Å². The lowest BCUT2D eigenvalue weighted by Gasteiger charge is -2.13. The number of nitrogens with one attached hydrogen (secondary N) is 1. The largest absolute Gasteiger partial charge is 0.279 e. The number of aryl methyl sites for hydroxylation is 3. The van der Waals surface area contributed by atoms with Gasteiger partial charge in [0.2, 0.25) is 0 Å². The lowest BCUT2D eigenvalue weighted by Crippen LogP contribution is -2.14. The summed E-state index contributed by atoms with van der Waals surface area (Å²) < 4.78 is 28.7. The number of hydrogen-bond acceptors (Lipinski definition) is 3. The zero-order valence-corrected chi connectivity index (χ0v) is 16.3. The number of rotatable bonds is 3. The molecule has 4 nitrogen and oxygen atoms in total. The van der Waals surface area contributed by atoms with Gasteiger partial charge in [0.15, 0.2) is 0 Å². The van der Waals surface area contributed by atoms with E-state index in [-0.39, 0.29) is 4.90 Å². The average molecular weight is 376 g/mol. The van der Waals surface area contributed by atoms with Crippen molar-refractivity contribution in [1.82, 2.24) is 4.98 Å².